The molecule has 2 aromatic carbocycles. The number of methoxy groups -OCH3 is 2. The number of rotatable bonds is 8. The van der Waals surface area contributed by atoms with E-state index in [2.05, 4.69) is 20.6 Å². The van der Waals surface area contributed by atoms with Crippen LogP contribution in [0.15, 0.2) is 48.5 Å². The summed E-state index contributed by atoms with van der Waals surface area (Å²) in [5, 5.41) is 16.1. The predicted octanol–water partition coefficient (Wildman–Crippen LogP) is 3.67. The molecule has 0 saturated carbocycles. The van der Waals surface area contributed by atoms with Crippen LogP contribution in [0.25, 0.3) is 16.3 Å². The van der Waals surface area contributed by atoms with Crippen LogP contribution in [0.5, 0.6) is 17.2 Å². The van der Waals surface area contributed by atoms with Gasteiger partial charge in [-0.05, 0) is 36.8 Å². The van der Waals surface area contributed by atoms with E-state index in [1.807, 2.05) is 43.3 Å². The lowest BCUT2D eigenvalue weighted by Gasteiger charge is -2.16. The number of ether oxygens (including phenoxy) is 3. The Morgan fingerprint density at radius 3 is 2.58 bits per heavy atom. The van der Waals surface area contributed by atoms with Crippen LogP contribution < -0.4 is 19.5 Å². The fourth-order valence-electron chi connectivity index (χ4n) is 2.99. The van der Waals surface area contributed by atoms with Crippen molar-refractivity contribution >= 4 is 27.3 Å². The third-order valence-electron chi connectivity index (χ3n) is 4.55. The molecular formula is C21H21N5O4S. The lowest BCUT2D eigenvalue weighted by Crippen LogP contribution is -2.32. The number of nitrogens with zero attached hydrogens (tertiary/aromatic N) is 4. The molecule has 1 unspecified atom stereocenters. The number of aromatic nitrogens is 4. The number of nitrogens with one attached hydrogen (secondary N) is 1. The molecular weight excluding hydrogens is 418 g/mol. The number of anilines is 1. The summed E-state index contributed by atoms with van der Waals surface area (Å²) in [7, 11) is 3.15. The largest absolute Gasteiger partial charge is 0.493 e. The number of carbonyl (C=O) groups is 1. The molecule has 2 heterocycles. The van der Waals surface area contributed by atoms with Crippen LogP contribution in [0.1, 0.15) is 13.3 Å². The Morgan fingerprint density at radius 1 is 1.10 bits per heavy atom. The summed E-state index contributed by atoms with van der Waals surface area (Å²) in [5.74, 6) is 2.08. The van der Waals surface area contributed by atoms with Crippen molar-refractivity contribution < 1.29 is 19.0 Å². The van der Waals surface area contributed by atoms with Gasteiger partial charge in [0, 0.05) is 5.56 Å². The maximum absolute atomic E-state index is 12.7. The number of fused-ring (bicyclic) bond motifs is 1. The molecule has 9 nitrogen and oxygen atoms in total. The highest BCUT2D eigenvalue weighted by molar-refractivity contribution is 7.20. The van der Waals surface area contributed by atoms with Crippen molar-refractivity contribution in [3.05, 3.63) is 48.5 Å². The predicted molar refractivity (Wildman–Crippen MR) is 117 cm³/mol. The van der Waals surface area contributed by atoms with E-state index in [1.165, 1.54) is 11.3 Å². The molecule has 1 atom stereocenters. The monoisotopic (exact) mass is 439 g/mol. The molecule has 2 aromatic heterocycles. The van der Waals surface area contributed by atoms with Gasteiger partial charge in [-0.2, -0.15) is 4.52 Å². The highest BCUT2D eigenvalue weighted by Gasteiger charge is 2.21. The molecule has 0 aliphatic rings. The maximum Gasteiger partial charge on any atom is 0.267 e. The molecule has 4 aromatic rings. The summed E-state index contributed by atoms with van der Waals surface area (Å²) >= 11 is 1.23. The summed E-state index contributed by atoms with van der Waals surface area (Å²) < 4.78 is 18.0. The first-order valence-electron chi connectivity index (χ1n) is 9.60. The molecule has 4 rings (SSSR count). The van der Waals surface area contributed by atoms with Gasteiger partial charge in [-0.1, -0.05) is 36.5 Å². The first kappa shape index (κ1) is 20.6. The molecule has 1 amide bonds. The highest BCUT2D eigenvalue weighted by atomic mass is 32.1. The molecule has 0 aliphatic heterocycles. The van der Waals surface area contributed by atoms with E-state index < -0.39 is 6.10 Å². The number of hydrogen-bond donors (Lipinski definition) is 1. The molecule has 0 spiro atoms. The van der Waals surface area contributed by atoms with Crippen LogP contribution in [-0.4, -0.2) is 46.0 Å². The van der Waals surface area contributed by atoms with E-state index in [-0.39, 0.29) is 5.91 Å². The number of hydrogen-bond acceptors (Lipinski definition) is 8. The Balaban J connectivity index is 1.55. The van der Waals surface area contributed by atoms with Crippen molar-refractivity contribution in [3.63, 3.8) is 0 Å². The standard InChI is InChI=1S/C21H21N5O4S/c1-4-15(30-14-8-6-5-7-9-14)19(27)22-20-25-26-18(23-24-21(26)31-20)13-10-11-16(28-2)17(12-13)29-3/h5-12,15H,4H2,1-3H3,(H,22,25,27). The van der Waals surface area contributed by atoms with Gasteiger partial charge in [0.15, 0.2) is 23.4 Å². The average Bonchev–Trinajstić information content (AvgIpc) is 3.37. The second kappa shape index (κ2) is 9.00. The van der Waals surface area contributed by atoms with E-state index in [0.717, 1.165) is 5.56 Å². The smallest absolute Gasteiger partial charge is 0.267 e. The molecule has 0 fully saturated rings. The van der Waals surface area contributed by atoms with Crippen molar-refractivity contribution in [1.29, 1.82) is 0 Å². The summed E-state index contributed by atoms with van der Waals surface area (Å²) in [6.07, 6.45) is -0.121. The lowest BCUT2D eigenvalue weighted by molar-refractivity contribution is -0.122. The molecule has 31 heavy (non-hydrogen) atoms. The van der Waals surface area contributed by atoms with E-state index in [4.69, 9.17) is 14.2 Å². The minimum absolute atomic E-state index is 0.274. The van der Waals surface area contributed by atoms with Crippen LogP contribution in [0.4, 0.5) is 5.13 Å². The lowest BCUT2D eigenvalue weighted by atomic mass is 10.2. The molecule has 1 N–H and O–H groups in total. The van der Waals surface area contributed by atoms with E-state index >= 15 is 0 Å². The third-order valence-corrected chi connectivity index (χ3v) is 5.36. The Morgan fingerprint density at radius 2 is 1.87 bits per heavy atom. The fourth-order valence-corrected chi connectivity index (χ4v) is 3.74. The zero-order chi connectivity index (χ0) is 21.8. The Hall–Kier alpha value is -3.66. The van der Waals surface area contributed by atoms with Crippen LogP contribution in [0.2, 0.25) is 0 Å². The summed E-state index contributed by atoms with van der Waals surface area (Å²) in [4.78, 5) is 13.3. The van der Waals surface area contributed by atoms with Crippen molar-refractivity contribution in [1.82, 2.24) is 19.8 Å². The topological polar surface area (TPSA) is 99.9 Å². The fraction of sp³-hybridized carbons (Fsp3) is 0.238. The molecule has 0 saturated heterocycles. The van der Waals surface area contributed by atoms with Gasteiger partial charge in [-0.25, -0.2) is 0 Å². The SMILES string of the molecule is CCC(Oc1ccccc1)C(=O)Nc1nn2c(-c3ccc(OC)c(OC)c3)nnc2s1. The van der Waals surface area contributed by atoms with Crippen molar-refractivity contribution in [2.24, 2.45) is 0 Å². The van der Waals surface area contributed by atoms with Gasteiger partial charge in [0.1, 0.15) is 5.75 Å². The second-order valence-electron chi connectivity index (χ2n) is 6.51. The van der Waals surface area contributed by atoms with Crippen molar-refractivity contribution in [3.8, 4) is 28.6 Å². The minimum atomic E-state index is -0.637. The van der Waals surface area contributed by atoms with Gasteiger partial charge in [-0.3, -0.25) is 10.1 Å². The number of amides is 1. The van der Waals surface area contributed by atoms with Crippen LogP contribution >= 0.6 is 11.3 Å². The van der Waals surface area contributed by atoms with Gasteiger partial charge >= 0.3 is 0 Å². The normalized spacial score (nSPS) is 11.8. The van der Waals surface area contributed by atoms with Crippen LogP contribution in [-0.2, 0) is 4.79 Å². The Bertz CT molecular complexity index is 1190. The van der Waals surface area contributed by atoms with E-state index in [1.54, 1.807) is 30.9 Å². The molecule has 0 aliphatic carbocycles. The van der Waals surface area contributed by atoms with Crippen LogP contribution in [0.3, 0.4) is 0 Å². The number of benzene rings is 2. The maximum atomic E-state index is 12.7. The zero-order valence-corrected chi connectivity index (χ0v) is 18.0. The second-order valence-corrected chi connectivity index (χ2v) is 7.47. The van der Waals surface area contributed by atoms with E-state index in [9.17, 15) is 4.79 Å². The third kappa shape index (κ3) is 4.29. The molecule has 0 bridgehead atoms. The van der Waals surface area contributed by atoms with Gasteiger partial charge in [-0.15, -0.1) is 15.3 Å². The highest BCUT2D eigenvalue weighted by Crippen LogP contribution is 2.32. The Kier molecular flexibility index (Phi) is 5.99. The molecule has 0 radical (unpaired) electrons. The minimum Gasteiger partial charge on any atom is -0.493 e. The van der Waals surface area contributed by atoms with Crippen LogP contribution in [0, 0.1) is 0 Å². The summed E-state index contributed by atoms with van der Waals surface area (Å²) in [6, 6.07) is 14.7. The molecule has 10 heteroatoms. The van der Waals surface area contributed by atoms with Gasteiger partial charge in [0.2, 0.25) is 10.1 Å². The van der Waals surface area contributed by atoms with Crippen molar-refractivity contribution in [2.45, 2.75) is 19.4 Å². The summed E-state index contributed by atoms with van der Waals surface area (Å²) in [6.45, 7) is 1.89. The van der Waals surface area contributed by atoms with Gasteiger partial charge in [0.05, 0.1) is 14.2 Å². The van der Waals surface area contributed by atoms with Crippen molar-refractivity contribution in [2.75, 3.05) is 19.5 Å². The van der Waals surface area contributed by atoms with Gasteiger partial charge in [0.25, 0.3) is 5.91 Å². The molecule has 160 valence electrons. The zero-order valence-electron chi connectivity index (χ0n) is 17.2. The number of carbonyl (C=O) groups excluding carboxylic acids is 1. The quantitative estimate of drug-likeness (QED) is 0.447. The first-order valence-corrected chi connectivity index (χ1v) is 10.4. The number of para-hydroxylation sites is 1. The van der Waals surface area contributed by atoms with Gasteiger partial charge < -0.3 is 14.2 Å². The average molecular weight is 439 g/mol. The first-order chi connectivity index (χ1) is 15.1. The summed E-state index contributed by atoms with van der Waals surface area (Å²) in [5.41, 5.74) is 0.757. The van der Waals surface area contributed by atoms with E-state index in [0.29, 0.717) is 39.6 Å². The Labute approximate surface area is 182 Å².